The number of carbonyl (C=O) groups excluding carboxylic acids is 1. The monoisotopic (exact) mass is 332 g/mol. The average Bonchev–Trinajstić information content (AvgIpc) is 2.81. The molecule has 1 fully saturated rings. The molecule has 122 valence electrons. The van der Waals surface area contributed by atoms with Crippen LogP contribution in [0.4, 0.5) is 14.5 Å². The summed E-state index contributed by atoms with van der Waals surface area (Å²) >= 11 is 0. The van der Waals surface area contributed by atoms with Gasteiger partial charge in [0.05, 0.1) is 11.5 Å². The summed E-state index contributed by atoms with van der Waals surface area (Å²) in [6.07, 6.45) is 0.718. The van der Waals surface area contributed by atoms with Gasteiger partial charge in [-0.1, -0.05) is 0 Å². The summed E-state index contributed by atoms with van der Waals surface area (Å²) < 4.78 is 48.6. The Balaban J connectivity index is 1.81. The summed E-state index contributed by atoms with van der Waals surface area (Å²) in [6.45, 7) is 0.399. The van der Waals surface area contributed by atoms with Gasteiger partial charge in [-0.3, -0.25) is 4.79 Å². The van der Waals surface area contributed by atoms with Crippen molar-refractivity contribution in [3.05, 3.63) is 29.8 Å². The van der Waals surface area contributed by atoms with Gasteiger partial charge in [-0.15, -0.1) is 0 Å². The first kappa shape index (κ1) is 16.8. The minimum atomic E-state index is -2.96. The quantitative estimate of drug-likeness (QED) is 0.885. The third-order valence-corrected chi connectivity index (χ3v) is 5.48. The van der Waals surface area contributed by atoms with Gasteiger partial charge in [0.2, 0.25) is 5.91 Å². The second-order valence-electron chi connectivity index (χ2n) is 5.46. The van der Waals surface area contributed by atoms with Gasteiger partial charge < -0.3 is 10.2 Å². The molecule has 0 bridgehead atoms. The number of hydrogen-bond acceptors (Lipinski definition) is 4. The smallest absolute Gasteiger partial charge is 0.225 e. The van der Waals surface area contributed by atoms with Gasteiger partial charge >= 0.3 is 0 Å². The van der Waals surface area contributed by atoms with Gasteiger partial charge in [0.25, 0.3) is 0 Å². The zero-order chi connectivity index (χ0) is 16.3. The zero-order valence-electron chi connectivity index (χ0n) is 12.2. The lowest BCUT2D eigenvalue weighted by Gasteiger charge is -2.22. The summed E-state index contributed by atoms with van der Waals surface area (Å²) in [7, 11) is -1.18. The van der Waals surface area contributed by atoms with E-state index in [1.165, 1.54) is 6.07 Å². The van der Waals surface area contributed by atoms with Crippen molar-refractivity contribution in [1.82, 2.24) is 4.90 Å². The Kier molecular flexibility index (Phi) is 5.12. The van der Waals surface area contributed by atoms with E-state index < -0.39 is 21.5 Å². The number of rotatable bonds is 5. The molecule has 0 aliphatic carbocycles. The Bertz CT molecular complexity index is 664. The maximum Gasteiger partial charge on any atom is 0.225 e. The molecule has 1 aliphatic rings. The molecular formula is C14H18F2N2O3S. The summed E-state index contributed by atoms with van der Waals surface area (Å²) in [5.41, 5.74) is 0.190. The van der Waals surface area contributed by atoms with Gasteiger partial charge in [0.1, 0.15) is 0 Å². The Hall–Kier alpha value is -1.54. The van der Waals surface area contributed by atoms with E-state index in [0.29, 0.717) is 13.0 Å². The van der Waals surface area contributed by atoms with Crippen LogP contribution in [-0.2, 0) is 14.6 Å². The van der Waals surface area contributed by atoms with Crippen molar-refractivity contribution in [2.24, 2.45) is 0 Å². The van der Waals surface area contributed by atoms with Gasteiger partial charge in [0, 0.05) is 30.8 Å². The van der Waals surface area contributed by atoms with Gasteiger partial charge in [-0.2, -0.15) is 0 Å². The molecule has 1 N–H and O–H groups in total. The number of carbonyl (C=O) groups is 1. The van der Waals surface area contributed by atoms with Gasteiger partial charge in [-0.25, -0.2) is 17.2 Å². The predicted octanol–water partition coefficient (Wildman–Crippen LogP) is 1.41. The van der Waals surface area contributed by atoms with Crippen molar-refractivity contribution < 1.29 is 22.0 Å². The first-order valence-corrected chi connectivity index (χ1v) is 8.74. The molecule has 8 heteroatoms. The van der Waals surface area contributed by atoms with E-state index in [-0.39, 0.29) is 35.6 Å². The van der Waals surface area contributed by atoms with Crippen LogP contribution in [0, 0.1) is 11.6 Å². The van der Waals surface area contributed by atoms with E-state index in [0.717, 1.165) is 12.1 Å². The summed E-state index contributed by atoms with van der Waals surface area (Å²) in [6, 6.07) is 3.07. The second kappa shape index (κ2) is 6.70. The lowest BCUT2D eigenvalue weighted by molar-refractivity contribution is -0.116. The third kappa shape index (κ3) is 4.48. The third-order valence-electron chi connectivity index (χ3n) is 3.73. The Morgan fingerprint density at radius 1 is 1.36 bits per heavy atom. The largest absolute Gasteiger partial charge is 0.326 e. The highest BCUT2D eigenvalue weighted by Gasteiger charge is 2.30. The molecule has 1 heterocycles. The maximum atomic E-state index is 13.0. The molecule has 0 spiro atoms. The van der Waals surface area contributed by atoms with E-state index in [1.807, 2.05) is 4.90 Å². The van der Waals surface area contributed by atoms with Crippen molar-refractivity contribution in [2.45, 2.75) is 18.9 Å². The normalized spacial score (nSPS) is 20.3. The second-order valence-corrected chi connectivity index (χ2v) is 7.69. The molecule has 1 aromatic carbocycles. The molecule has 22 heavy (non-hydrogen) atoms. The van der Waals surface area contributed by atoms with Crippen LogP contribution in [0.2, 0.25) is 0 Å². The Morgan fingerprint density at radius 2 is 2.09 bits per heavy atom. The van der Waals surface area contributed by atoms with Crippen LogP contribution in [-0.4, -0.2) is 50.4 Å². The fraction of sp³-hybridized carbons (Fsp3) is 0.500. The number of nitrogens with zero attached hydrogens (tertiary/aromatic N) is 1. The SMILES string of the molecule is CN(CCC(=O)Nc1ccc(F)c(F)c1)C1CCS(=O)(=O)C1. The summed E-state index contributed by atoms with van der Waals surface area (Å²) in [4.78, 5) is 13.6. The number of nitrogens with one attached hydrogen (secondary N) is 1. The number of amides is 1. The van der Waals surface area contributed by atoms with Crippen LogP contribution < -0.4 is 5.32 Å². The molecule has 1 unspecified atom stereocenters. The van der Waals surface area contributed by atoms with Crippen molar-refractivity contribution in [1.29, 1.82) is 0 Å². The van der Waals surface area contributed by atoms with Crippen LogP contribution >= 0.6 is 0 Å². The molecule has 0 aromatic heterocycles. The number of benzene rings is 1. The molecule has 1 aliphatic heterocycles. The number of sulfone groups is 1. The summed E-state index contributed by atoms with van der Waals surface area (Å²) in [5.74, 6) is -2.03. The fourth-order valence-electron chi connectivity index (χ4n) is 2.38. The average molecular weight is 332 g/mol. The lowest BCUT2D eigenvalue weighted by Crippen LogP contribution is -2.35. The van der Waals surface area contributed by atoms with Crippen LogP contribution in [0.1, 0.15) is 12.8 Å². The van der Waals surface area contributed by atoms with E-state index in [1.54, 1.807) is 7.05 Å². The highest BCUT2D eigenvalue weighted by Crippen LogP contribution is 2.17. The Morgan fingerprint density at radius 3 is 2.68 bits per heavy atom. The van der Waals surface area contributed by atoms with E-state index in [4.69, 9.17) is 0 Å². The highest BCUT2D eigenvalue weighted by molar-refractivity contribution is 7.91. The fourth-order valence-corrected chi connectivity index (χ4v) is 4.19. The molecule has 2 rings (SSSR count). The van der Waals surface area contributed by atoms with Crippen molar-refractivity contribution >= 4 is 21.4 Å². The van der Waals surface area contributed by atoms with Crippen molar-refractivity contribution in [3.8, 4) is 0 Å². The molecule has 1 saturated heterocycles. The van der Waals surface area contributed by atoms with Gasteiger partial charge in [-0.05, 0) is 25.6 Å². The molecule has 1 atom stereocenters. The molecule has 1 aromatic rings. The maximum absolute atomic E-state index is 13.0. The summed E-state index contributed by atoms with van der Waals surface area (Å²) in [5, 5.41) is 2.48. The topological polar surface area (TPSA) is 66.5 Å². The molecule has 0 radical (unpaired) electrons. The van der Waals surface area contributed by atoms with Crippen molar-refractivity contribution in [2.75, 3.05) is 30.4 Å². The number of hydrogen-bond donors (Lipinski definition) is 1. The number of halogens is 2. The predicted molar refractivity (Wildman–Crippen MR) is 79.3 cm³/mol. The van der Waals surface area contributed by atoms with Gasteiger partial charge in [0.15, 0.2) is 21.5 Å². The molecule has 0 saturated carbocycles. The van der Waals surface area contributed by atoms with E-state index >= 15 is 0 Å². The molecule has 5 nitrogen and oxygen atoms in total. The highest BCUT2D eigenvalue weighted by atomic mass is 32.2. The van der Waals surface area contributed by atoms with E-state index in [2.05, 4.69) is 5.32 Å². The minimum Gasteiger partial charge on any atom is -0.326 e. The standard InChI is InChI=1S/C14H18F2N2O3S/c1-18(11-5-7-22(20,21)9-11)6-4-14(19)17-10-2-3-12(15)13(16)8-10/h2-3,8,11H,4-7,9H2,1H3,(H,17,19). The van der Waals surface area contributed by atoms with Crippen LogP contribution in [0.15, 0.2) is 18.2 Å². The minimum absolute atomic E-state index is 0.0685. The first-order valence-electron chi connectivity index (χ1n) is 6.92. The van der Waals surface area contributed by atoms with Crippen molar-refractivity contribution in [3.63, 3.8) is 0 Å². The Labute approximate surface area is 128 Å². The van der Waals surface area contributed by atoms with E-state index in [9.17, 15) is 22.0 Å². The lowest BCUT2D eigenvalue weighted by atomic mass is 10.2. The molecular weight excluding hydrogens is 314 g/mol. The number of anilines is 1. The zero-order valence-corrected chi connectivity index (χ0v) is 13.0. The molecule has 1 amide bonds. The van der Waals surface area contributed by atoms with Crippen LogP contribution in [0.25, 0.3) is 0 Å². The first-order chi connectivity index (χ1) is 10.3. The van der Waals surface area contributed by atoms with Crippen LogP contribution in [0.3, 0.4) is 0 Å². The van der Waals surface area contributed by atoms with Crippen LogP contribution in [0.5, 0.6) is 0 Å².